The normalized spacial score (nSPS) is 15.9. The van der Waals surface area contributed by atoms with Crippen LogP contribution in [0.15, 0.2) is 22.7 Å². The Morgan fingerprint density at radius 1 is 1.42 bits per heavy atom. The minimum absolute atomic E-state index is 0.186. The summed E-state index contributed by atoms with van der Waals surface area (Å²) in [5.41, 5.74) is 1.19. The molecule has 3 unspecified atom stereocenters. The van der Waals surface area contributed by atoms with E-state index in [9.17, 15) is 5.11 Å². The molecule has 1 rings (SSSR count). The minimum atomic E-state index is 0.186. The van der Waals surface area contributed by atoms with Crippen LogP contribution in [0.5, 0.6) is 5.75 Å². The van der Waals surface area contributed by atoms with Gasteiger partial charge in [-0.25, -0.2) is 0 Å². The summed E-state index contributed by atoms with van der Waals surface area (Å²) in [5, 5.41) is 13.0. The highest BCUT2D eigenvalue weighted by Gasteiger charge is 2.19. The first-order valence-electron chi connectivity index (χ1n) is 6.26. The van der Waals surface area contributed by atoms with Crippen molar-refractivity contribution in [2.24, 2.45) is 0 Å². The van der Waals surface area contributed by atoms with Crippen LogP contribution in [0.25, 0.3) is 0 Å². The Hall–Kier alpha value is -0.230. The van der Waals surface area contributed by atoms with E-state index in [0.717, 1.165) is 10.2 Å². The number of aliphatic hydroxyl groups excluding tert-OH is 1. The highest BCUT2D eigenvalue weighted by atomic mass is 79.9. The lowest BCUT2D eigenvalue weighted by molar-refractivity contribution is 0.271. The third-order valence-corrected chi connectivity index (χ3v) is 5.08. The Labute approximate surface area is 128 Å². The number of hydrogen-bond acceptors (Lipinski definition) is 4. The molecular formula is C14H22BrNO2S. The van der Waals surface area contributed by atoms with Crippen molar-refractivity contribution in [2.75, 3.05) is 20.0 Å². The molecule has 108 valence electrons. The van der Waals surface area contributed by atoms with Gasteiger partial charge in [-0.15, -0.1) is 0 Å². The first kappa shape index (κ1) is 16.8. The van der Waals surface area contributed by atoms with E-state index in [2.05, 4.69) is 41.2 Å². The van der Waals surface area contributed by atoms with Gasteiger partial charge in [0.1, 0.15) is 5.75 Å². The molecule has 3 atom stereocenters. The number of nitrogens with one attached hydrogen (secondary N) is 1. The summed E-state index contributed by atoms with van der Waals surface area (Å²) in [5.74, 6) is 0.841. The van der Waals surface area contributed by atoms with Crippen molar-refractivity contribution in [3.63, 3.8) is 0 Å². The van der Waals surface area contributed by atoms with Crippen LogP contribution >= 0.6 is 27.7 Å². The van der Waals surface area contributed by atoms with Crippen molar-refractivity contribution in [2.45, 2.75) is 31.2 Å². The molecule has 0 bridgehead atoms. The first-order chi connectivity index (χ1) is 9.03. The number of hydrogen-bond donors (Lipinski definition) is 2. The molecule has 0 fully saturated rings. The van der Waals surface area contributed by atoms with Gasteiger partial charge in [0, 0.05) is 21.8 Å². The topological polar surface area (TPSA) is 41.5 Å². The fourth-order valence-electron chi connectivity index (χ4n) is 2.01. The summed E-state index contributed by atoms with van der Waals surface area (Å²) in [6.45, 7) is 4.41. The molecule has 2 N–H and O–H groups in total. The fourth-order valence-corrected chi connectivity index (χ4v) is 3.35. The van der Waals surface area contributed by atoms with Gasteiger partial charge in [0.25, 0.3) is 0 Å². The number of halogens is 1. The molecule has 0 amide bonds. The van der Waals surface area contributed by atoms with Crippen LogP contribution in [0.4, 0.5) is 0 Å². The second kappa shape index (κ2) is 8.15. The monoisotopic (exact) mass is 347 g/mol. The lowest BCUT2D eigenvalue weighted by Crippen LogP contribution is -2.39. The third kappa shape index (κ3) is 4.67. The van der Waals surface area contributed by atoms with Gasteiger partial charge in [0.2, 0.25) is 0 Å². The summed E-state index contributed by atoms with van der Waals surface area (Å²) in [4.78, 5) is 0. The van der Waals surface area contributed by atoms with Gasteiger partial charge in [-0.1, -0.05) is 22.0 Å². The van der Waals surface area contributed by atoms with E-state index in [1.807, 2.05) is 18.4 Å². The van der Waals surface area contributed by atoms with Crippen LogP contribution in [0.3, 0.4) is 0 Å². The summed E-state index contributed by atoms with van der Waals surface area (Å²) in [6.07, 6.45) is 2.02. The maximum Gasteiger partial charge on any atom is 0.120 e. The van der Waals surface area contributed by atoms with Crippen LogP contribution in [-0.2, 0) is 0 Å². The van der Waals surface area contributed by atoms with Gasteiger partial charge in [0.05, 0.1) is 13.7 Å². The van der Waals surface area contributed by atoms with Crippen molar-refractivity contribution in [3.05, 3.63) is 28.2 Å². The maximum atomic E-state index is 9.32. The molecular weight excluding hydrogens is 326 g/mol. The van der Waals surface area contributed by atoms with E-state index in [1.165, 1.54) is 5.56 Å². The lowest BCUT2D eigenvalue weighted by Gasteiger charge is -2.26. The summed E-state index contributed by atoms with van der Waals surface area (Å²) in [7, 11) is 1.66. The number of methoxy groups -OCH3 is 1. The number of rotatable bonds is 7. The third-order valence-electron chi connectivity index (χ3n) is 3.23. The molecule has 19 heavy (non-hydrogen) atoms. The van der Waals surface area contributed by atoms with Crippen LogP contribution in [-0.4, -0.2) is 36.4 Å². The summed E-state index contributed by atoms with van der Waals surface area (Å²) in [6, 6.07) is 6.43. The smallest absolute Gasteiger partial charge is 0.120 e. The number of thioether (sulfide) groups is 1. The Morgan fingerprint density at radius 3 is 2.58 bits per heavy atom. The molecule has 0 aliphatic carbocycles. The average molecular weight is 348 g/mol. The average Bonchev–Trinajstić information content (AvgIpc) is 2.39. The highest BCUT2D eigenvalue weighted by molar-refractivity contribution is 9.10. The largest absolute Gasteiger partial charge is 0.497 e. The van der Waals surface area contributed by atoms with Crippen molar-refractivity contribution < 1.29 is 9.84 Å². The molecule has 1 aromatic carbocycles. The Morgan fingerprint density at radius 2 is 2.11 bits per heavy atom. The molecule has 0 radical (unpaired) electrons. The molecule has 5 heteroatoms. The van der Waals surface area contributed by atoms with Crippen molar-refractivity contribution in [1.82, 2.24) is 5.32 Å². The Kier molecular flexibility index (Phi) is 7.21. The van der Waals surface area contributed by atoms with Crippen LogP contribution in [0, 0.1) is 0 Å². The van der Waals surface area contributed by atoms with E-state index < -0.39 is 0 Å². The van der Waals surface area contributed by atoms with E-state index in [0.29, 0.717) is 0 Å². The standard InChI is InChI=1S/C14H22BrNO2S/c1-9(16-10(2)14(8-17)19-4)12-6-5-11(18-3)7-13(12)15/h5-7,9-10,14,16-17H,8H2,1-4H3. The second-order valence-electron chi connectivity index (χ2n) is 4.52. The second-order valence-corrected chi connectivity index (χ2v) is 6.45. The Balaban J connectivity index is 2.75. The molecule has 0 aliphatic rings. The van der Waals surface area contributed by atoms with Crippen molar-refractivity contribution >= 4 is 27.7 Å². The van der Waals surface area contributed by atoms with Gasteiger partial charge in [-0.05, 0) is 37.8 Å². The van der Waals surface area contributed by atoms with E-state index in [-0.39, 0.29) is 23.9 Å². The van der Waals surface area contributed by atoms with E-state index in [4.69, 9.17) is 4.74 Å². The van der Waals surface area contributed by atoms with Crippen molar-refractivity contribution in [3.8, 4) is 5.75 Å². The first-order valence-corrected chi connectivity index (χ1v) is 8.34. The molecule has 0 heterocycles. The molecule has 0 spiro atoms. The van der Waals surface area contributed by atoms with Gasteiger partial charge in [-0.3, -0.25) is 0 Å². The molecule has 0 saturated carbocycles. The SMILES string of the molecule is COc1ccc(C(C)NC(C)C(CO)SC)c(Br)c1. The van der Waals surface area contributed by atoms with E-state index in [1.54, 1.807) is 18.9 Å². The lowest BCUT2D eigenvalue weighted by atomic mass is 10.1. The summed E-state index contributed by atoms with van der Waals surface area (Å²) < 4.78 is 6.23. The predicted molar refractivity (Wildman–Crippen MR) is 86.1 cm³/mol. The van der Waals surface area contributed by atoms with Gasteiger partial charge in [-0.2, -0.15) is 11.8 Å². The number of benzene rings is 1. The number of aliphatic hydroxyl groups is 1. The number of ether oxygens (including phenoxy) is 1. The molecule has 1 aromatic rings. The molecule has 0 saturated heterocycles. The zero-order chi connectivity index (χ0) is 14.4. The van der Waals surface area contributed by atoms with Gasteiger partial charge in [0.15, 0.2) is 0 Å². The van der Waals surface area contributed by atoms with Crippen LogP contribution in [0.1, 0.15) is 25.5 Å². The predicted octanol–water partition coefficient (Wildman–Crippen LogP) is 3.22. The fraction of sp³-hybridized carbons (Fsp3) is 0.571. The molecule has 0 aliphatic heterocycles. The highest BCUT2D eigenvalue weighted by Crippen LogP contribution is 2.28. The van der Waals surface area contributed by atoms with Gasteiger partial charge >= 0.3 is 0 Å². The van der Waals surface area contributed by atoms with Gasteiger partial charge < -0.3 is 15.2 Å². The maximum absolute atomic E-state index is 9.32. The Bertz CT molecular complexity index is 399. The van der Waals surface area contributed by atoms with Crippen LogP contribution in [0.2, 0.25) is 0 Å². The quantitative estimate of drug-likeness (QED) is 0.794. The summed E-state index contributed by atoms with van der Waals surface area (Å²) >= 11 is 5.26. The zero-order valence-corrected chi connectivity index (χ0v) is 14.2. The van der Waals surface area contributed by atoms with Crippen molar-refractivity contribution in [1.29, 1.82) is 0 Å². The minimum Gasteiger partial charge on any atom is -0.497 e. The molecule has 3 nitrogen and oxygen atoms in total. The van der Waals surface area contributed by atoms with E-state index >= 15 is 0 Å². The zero-order valence-electron chi connectivity index (χ0n) is 11.8. The van der Waals surface area contributed by atoms with Crippen LogP contribution < -0.4 is 10.1 Å². The molecule has 0 aromatic heterocycles.